The van der Waals surface area contributed by atoms with Crippen molar-refractivity contribution >= 4 is 10.2 Å². The van der Waals surface area contributed by atoms with E-state index in [2.05, 4.69) is 4.72 Å². The third kappa shape index (κ3) is 3.42. The minimum Gasteiger partial charge on any atom is -0.199 e. The van der Waals surface area contributed by atoms with E-state index in [1.165, 1.54) is 6.42 Å². The fourth-order valence-corrected chi connectivity index (χ4v) is 4.67. The van der Waals surface area contributed by atoms with Crippen LogP contribution in [0.1, 0.15) is 58.3 Å². The Morgan fingerprint density at radius 2 is 1.65 bits per heavy atom. The summed E-state index contributed by atoms with van der Waals surface area (Å²) in [4.78, 5) is 0. The first-order chi connectivity index (χ1) is 8.09. The molecule has 1 aliphatic heterocycles. The standard InChI is InChI=1S/C12H24N2O2S/c1-11-7-5-6-10-14(11)17(15,16)13-12-8-3-2-4-9-12/h11-13H,2-10H2,1H3. The largest absolute Gasteiger partial charge is 0.279 e. The second kappa shape index (κ2) is 5.67. The molecule has 1 saturated heterocycles. The first-order valence-electron chi connectivity index (χ1n) is 6.89. The highest BCUT2D eigenvalue weighted by molar-refractivity contribution is 7.87. The molecule has 1 heterocycles. The number of nitrogens with zero attached hydrogens (tertiary/aromatic N) is 1. The lowest BCUT2D eigenvalue weighted by molar-refractivity contribution is 0.261. The molecule has 2 fully saturated rings. The van der Waals surface area contributed by atoms with Crippen molar-refractivity contribution in [1.82, 2.24) is 9.03 Å². The van der Waals surface area contributed by atoms with Gasteiger partial charge in [0, 0.05) is 18.6 Å². The molecule has 100 valence electrons. The highest BCUT2D eigenvalue weighted by atomic mass is 32.2. The minimum absolute atomic E-state index is 0.157. The van der Waals surface area contributed by atoms with Crippen molar-refractivity contribution in [1.29, 1.82) is 0 Å². The molecule has 5 heteroatoms. The smallest absolute Gasteiger partial charge is 0.199 e. The molecule has 2 rings (SSSR count). The van der Waals surface area contributed by atoms with Crippen LogP contribution < -0.4 is 4.72 Å². The average molecular weight is 260 g/mol. The molecule has 17 heavy (non-hydrogen) atoms. The Hall–Kier alpha value is -0.130. The number of hydrogen-bond donors (Lipinski definition) is 1. The topological polar surface area (TPSA) is 49.4 Å². The molecule has 0 aromatic carbocycles. The third-order valence-electron chi connectivity index (χ3n) is 3.97. The van der Waals surface area contributed by atoms with Crippen LogP contribution in [-0.4, -0.2) is 31.4 Å². The Balaban J connectivity index is 1.96. The van der Waals surface area contributed by atoms with Crippen LogP contribution >= 0.6 is 0 Å². The normalized spacial score (nSPS) is 29.4. The van der Waals surface area contributed by atoms with E-state index in [1.54, 1.807) is 4.31 Å². The molecular weight excluding hydrogens is 236 g/mol. The molecule has 0 spiro atoms. The van der Waals surface area contributed by atoms with Crippen molar-refractivity contribution in [2.75, 3.05) is 6.54 Å². The molecule has 2 aliphatic rings. The Kier molecular flexibility index (Phi) is 4.44. The molecule has 1 N–H and O–H groups in total. The van der Waals surface area contributed by atoms with Gasteiger partial charge in [0.05, 0.1) is 0 Å². The van der Waals surface area contributed by atoms with Gasteiger partial charge in [-0.2, -0.15) is 17.4 Å². The van der Waals surface area contributed by atoms with Crippen LogP contribution in [0, 0.1) is 0 Å². The Bertz CT molecular complexity index is 336. The lowest BCUT2D eigenvalue weighted by Crippen LogP contribution is -2.50. The van der Waals surface area contributed by atoms with Crippen LogP contribution in [0.25, 0.3) is 0 Å². The second-order valence-electron chi connectivity index (χ2n) is 5.41. The molecule has 0 aromatic rings. The van der Waals surface area contributed by atoms with Gasteiger partial charge < -0.3 is 0 Å². The van der Waals surface area contributed by atoms with Gasteiger partial charge in [0.2, 0.25) is 0 Å². The van der Waals surface area contributed by atoms with Gasteiger partial charge in [-0.05, 0) is 32.6 Å². The van der Waals surface area contributed by atoms with Gasteiger partial charge in [-0.25, -0.2) is 0 Å². The lowest BCUT2D eigenvalue weighted by atomic mass is 9.96. The summed E-state index contributed by atoms with van der Waals surface area (Å²) in [5.41, 5.74) is 0. The molecule has 0 bridgehead atoms. The lowest BCUT2D eigenvalue weighted by Gasteiger charge is -2.34. The van der Waals surface area contributed by atoms with E-state index in [4.69, 9.17) is 0 Å². The molecule has 1 aliphatic carbocycles. The first kappa shape index (κ1) is 13.3. The minimum atomic E-state index is -3.25. The molecule has 4 nitrogen and oxygen atoms in total. The van der Waals surface area contributed by atoms with Gasteiger partial charge in [0.25, 0.3) is 10.2 Å². The van der Waals surface area contributed by atoms with E-state index in [9.17, 15) is 8.42 Å². The fourth-order valence-electron chi connectivity index (χ4n) is 2.93. The number of piperidine rings is 1. The van der Waals surface area contributed by atoms with Gasteiger partial charge >= 0.3 is 0 Å². The maximum Gasteiger partial charge on any atom is 0.279 e. The van der Waals surface area contributed by atoms with Gasteiger partial charge in [0.1, 0.15) is 0 Å². The van der Waals surface area contributed by atoms with E-state index < -0.39 is 10.2 Å². The first-order valence-corrected chi connectivity index (χ1v) is 8.33. The fraction of sp³-hybridized carbons (Fsp3) is 1.00. The summed E-state index contributed by atoms with van der Waals surface area (Å²) in [6.07, 6.45) is 8.70. The Morgan fingerprint density at radius 1 is 1.00 bits per heavy atom. The van der Waals surface area contributed by atoms with Crippen molar-refractivity contribution in [2.45, 2.75) is 70.4 Å². The third-order valence-corrected chi connectivity index (χ3v) is 5.76. The molecule has 0 radical (unpaired) electrons. The van der Waals surface area contributed by atoms with Crippen LogP contribution in [0.4, 0.5) is 0 Å². The van der Waals surface area contributed by atoms with Crippen LogP contribution in [0.3, 0.4) is 0 Å². The zero-order valence-corrected chi connectivity index (χ0v) is 11.5. The predicted molar refractivity (Wildman–Crippen MR) is 68.9 cm³/mol. The maximum absolute atomic E-state index is 12.3. The molecule has 1 saturated carbocycles. The van der Waals surface area contributed by atoms with Crippen molar-refractivity contribution in [3.63, 3.8) is 0 Å². The summed E-state index contributed by atoms with van der Waals surface area (Å²) in [5, 5.41) is 0. The van der Waals surface area contributed by atoms with Crippen molar-refractivity contribution < 1.29 is 8.42 Å². The van der Waals surface area contributed by atoms with E-state index >= 15 is 0 Å². The molecular formula is C12H24N2O2S. The molecule has 1 unspecified atom stereocenters. The predicted octanol–water partition coefficient (Wildman–Crippen LogP) is 2.03. The monoisotopic (exact) mass is 260 g/mol. The quantitative estimate of drug-likeness (QED) is 0.844. The maximum atomic E-state index is 12.3. The number of nitrogens with one attached hydrogen (secondary N) is 1. The van der Waals surface area contributed by atoms with E-state index in [1.807, 2.05) is 6.92 Å². The highest BCUT2D eigenvalue weighted by Crippen LogP contribution is 2.22. The highest BCUT2D eigenvalue weighted by Gasteiger charge is 2.31. The molecule has 1 atom stereocenters. The van der Waals surface area contributed by atoms with Gasteiger partial charge in [-0.1, -0.05) is 25.7 Å². The van der Waals surface area contributed by atoms with Crippen molar-refractivity contribution in [3.8, 4) is 0 Å². The van der Waals surface area contributed by atoms with E-state index in [-0.39, 0.29) is 12.1 Å². The summed E-state index contributed by atoms with van der Waals surface area (Å²) >= 11 is 0. The summed E-state index contributed by atoms with van der Waals surface area (Å²) in [7, 11) is -3.25. The van der Waals surface area contributed by atoms with E-state index in [0.717, 1.165) is 44.9 Å². The van der Waals surface area contributed by atoms with Gasteiger partial charge in [-0.15, -0.1) is 0 Å². The summed E-state index contributed by atoms with van der Waals surface area (Å²) in [6.45, 7) is 2.70. The average Bonchev–Trinajstić information content (AvgIpc) is 2.30. The van der Waals surface area contributed by atoms with Crippen molar-refractivity contribution in [2.24, 2.45) is 0 Å². The Morgan fingerprint density at radius 3 is 2.29 bits per heavy atom. The summed E-state index contributed by atoms with van der Waals surface area (Å²) in [6, 6.07) is 0.327. The SMILES string of the molecule is CC1CCCCN1S(=O)(=O)NC1CCCCC1. The second-order valence-corrected chi connectivity index (χ2v) is 7.07. The summed E-state index contributed by atoms with van der Waals surface area (Å²) < 4.78 is 29.1. The van der Waals surface area contributed by atoms with Gasteiger partial charge in [0.15, 0.2) is 0 Å². The van der Waals surface area contributed by atoms with Gasteiger partial charge in [-0.3, -0.25) is 0 Å². The summed E-state index contributed by atoms with van der Waals surface area (Å²) in [5.74, 6) is 0. The van der Waals surface area contributed by atoms with Crippen LogP contribution in [-0.2, 0) is 10.2 Å². The van der Waals surface area contributed by atoms with Crippen LogP contribution in [0.2, 0.25) is 0 Å². The Labute approximate surface area is 105 Å². The van der Waals surface area contributed by atoms with Crippen LogP contribution in [0.5, 0.6) is 0 Å². The molecule has 0 aromatic heterocycles. The molecule has 0 amide bonds. The van der Waals surface area contributed by atoms with Crippen LogP contribution in [0.15, 0.2) is 0 Å². The van der Waals surface area contributed by atoms with E-state index in [0.29, 0.717) is 6.54 Å². The number of hydrogen-bond acceptors (Lipinski definition) is 2. The number of rotatable bonds is 3. The zero-order valence-electron chi connectivity index (χ0n) is 10.7. The zero-order chi connectivity index (χ0) is 12.3. The van der Waals surface area contributed by atoms with Crippen molar-refractivity contribution in [3.05, 3.63) is 0 Å².